The van der Waals surface area contributed by atoms with Crippen LogP contribution in [-0.2, 0) is 0 Å². The number of nitrogens with zero attached hydrogens (tertiary/aromatic N) is 2. The Balaban J connectivity index is 1.04. The highest BCUT2D eigenvalue weighted by molar-refractivity contribution is 6.15. The summed E-state index contributed by atoms with van der Waals surface area (Å²) in [7, 11) is 0. The van der Waals surface area contributed by atoms with Crippen LogP contribution >= 0.6 is 0 Å². The molecule has 0 N–H and O–H groups in total. The Hall–Kier alpha value is -6.78. The smallest absolute Gasteiger partial charge is 0.160 e. The van der Waals surface area contributed by atoms with Crippen molar-refractivity contribution in [2.45, 2.75) is 0 Å². The maximum absolute atomic E-state index is 6.52. The Morgan fingerprint density at radius 2 is 0.720 bits per heavy atom. The molecule has 50 heavy (non-hydrogen) atoms. The van der Waals surface area contributed by atoms with E-state index in [9.17, 15) is 0 Å². The molecule has 0 aliphatic rings. The lowest BCUT2D eigenvalue weighted by Crippen LogP contribution is -1.96. The lowest BCUT2D eigenvalue weighted by atomic mass is 9.99. The SMILES string of the molecule is c1ccc(-c2ccc3c(c2)oc2cc4c(cc23)oc2cc(-c3cccc(-c5cc(-c6ccccc6)nc(-c6ccccc6)n5)c3)ccc24)cc1. The molecule has 4 heteroatoms. The standard InChI is InChI=1S/C46H28N2O2/c1-4-11-29(12-5-1)33-19-21-36-38-26-45-39(27-44(38)49-42(36)24-33)37-22-20-34(25-43(37)50-45)32-17-10-18-35(23-32)41-28-40(30-13-6-2-7-14-30)47-46(48-41)31-15-8-3-9-16-31/h1-28H. The van der Waals surface area contributed by atoms with E-state index in [0.29, 0.717) is 5.82 Å². The lowest BCUT2D eigenvalue weighted by Gasteiger charge is -2.10. The fourth-order valence-corrected chi connectivity index (χ4v) is 6.96. The molecule has 0 unspecified atom stereocenters. The molecule has 0 bridgehead atoms. The monoisotopic (exact) mass is 640 g/mol. The van der Waals surface area contributed by atoms with Gasteiger partial charge >= 0.3 is 0 Å². The third-order valence-electron chi connectivity index (χ3n) is 9.49. The van der Waals surface area contributed by atoms with Gasteiger partial charge in [-0.25, -0.2) is 9.97 Å². The van der Waals surface area contributed by atoms with Crippen LogP contribution in [0.3, 0.4) is 0 Å². The number of rotatable bonds is 5. The van der Waals surface area contributed by atoms with Gasteiger partial charge in [-0.15, -0.1) is 0 Å². The Bertz CT molecular complexity index is 2800. The molecule has 0 aliphatic heterocycles. The highest BCUT2D eigenvalue weighted by Gasteiger charge is 2.16. The van der Waals surface area contributed by atoms with E-state index >= 15 is 0 Å². The summed E-state index contributed by atoms with van der Waals surface area (Å²) in [6.07, 6.45) is 0. The van der Waals surface area contributed by atoms with Crippen LogP contribution in [0.25, 0.3) is 100 Å². The van der Waals surface area contributed by atoms with E-state index in [2.05, 4.69) is 115 Å². The summed E-state index contributed by atoms with van der Waals surface area (Å²) in [5, 5.41) is 4.23. The molecule has 0 saturated heterocycles. The molecule has 0 amide bonds. The third-order valence-corrected chi connectivity index (χ3v) is 9.49. The van der Waals surface area contributed by atoms with E-state index in [1.807, 2.05) is 54.6 Å². The first-order valence-electron chi connectivity index (χ1n) is 16.7. The molecule has 3 heterocycles. The summed E-state index contributed by atoms with van der Waals surface area (Å²) in [6.45, 7) is 0. The van der Waals surface area contributed by atoms with Gasteiger partial charge in [0.2, 0.25) is 0 Å². The van der Waals surface area contributed by atoms with Gasteiger partial charge in [0.15, 0.2) is 5.82 Å². The average molecular weight is 641 g/mol. The topological polar surface area (TPSA) is 52.1 Å². The zero-order chi connectivity index (χ0) is 33.0. The van der Waals surface area contributed by atoms with Crippen LogP contribution in [0.2, 0.25) is 0 Å². The van der Waals surface area contributed by atoms with Crippen LogP contribution in [0, 0.1) is 0 Å². The van der Waals surface area contributed by atoms with E-state index < -0.39 is 0 Å². The van der Waals surface area contributed by atoms with Crippen LogP contribution < -0.4 is 0 Å². The summed E-state index contributed by atoms with van der Waals surface area (Å²) in [4.78, 5) is 9.99. The highest BCUT2D eigenvalue weighted by atomic mass is 16.3. The Morgan fingerprint density at radius 3 is 1.32 bits per heavy atom. The van der Waals surface area contributed by atoms with Gasteiger partial charge in [0.05, 0.1) is 11.4 Å². The van der Waals surface area contributed by atoms with Crippen molar-refractivity contribution in [3.05, 3.63) is 170 Å². The molecule has 0 saturated carbocycles. The number of hydrogen-bond donors (Lipinski definition) is 0. The summed E-state index contributed by atoms with van der Waals surface area (Å²) in [5.41, 5.74) is 12.7. The quantitative estimate of drug-likeness (QED) is 0.188. The van der Waals surface area contributed by atoms with E-state index in [4.69, 9.17) is 18.8 Å². The van der Waals surface area contributed by atoms with Crippen molar-refractivity contribution in [3.63, 3.8) is 0 Å². The van der Waals surface area contributed by atoms with Crippen LogP contribution in [-0.4, -0.2) is 9.97 Å². The van der Waals surface area contributed by atoms with Crippen LogP contribution in [0.1, 0.15) is 0 Å². The summed E-state index contributed by atoms with van der Waals surface area (Å²) >= 11 is 0. The van der Waals surface area contributed by atoms with Gasteiger partial charge < -0.3 is 8.83 Å². The van der Waals surface area contributed by atoms with Gasteiger partial charge in [-0.1, -0.05) is 121 Å². The maximum Gasteiger partial charge on any atom is 0.160 e. The minimum absolute atomic E-state index is 0.700. The first-order chi connectivity index (χ1) is 24.7. The third kappa shape index (κ3) is 4.85. The van der Waals surface area contributed by atoms with Gasteiger partial charge in [0.25, 0.3) is 0 Å². The van der Waals surface area contributed by atoms with Crippen LogP contribution in [0.4, 0.5) is 0 Å². The minimum Gasteiger partial charge on any atom is -0.456 e. The lowest BCUT2D eigenvalue weighted by molar-refractivity contribution is 0.664. The van der Waals surface area contributed by atoms with E-state index in [0.717, 1.165) is 88.6 Å². The second-order valence-electron chi connectivity index (χ2n) is 12.6. The van der Waals surface area contributed by atoms with Crippen molar-refractivity contribution >= 4 is 43.9 Å². The van der Waals surface area contributed by atoms with Gasteiger partial charge in [-0.3, -0.25) is 0 Å². The molecule has 7 aromatic carbocycles. The predicted molar refractivity (Wildman–Crippen MR) is 204 cm³/mol. The molecule has 0 atom stereocenters. The molecule has 0 radical (unpaired) electrons. The summed E-state index contributed by atoms with van der Waals surface area (Å²) in [6, 6.07) is 58.5. The molecule has 0 spiro atoms. The van der Waals surface area contributed by atoms with Gasteiger partial charge in [0, 0.05) is 38.2 Å². The number of fused-ring (bicyclic) bond motifs is 6. The fraction of sp³-hybridized carbons (Fsp3) is 0. The molecule has 4 nitrogen and oxygen atoms in total. The fourth-order valence-electron chi connectivity index (χ4n) is 6.96. The normalized spacial score (nSPS) is 11.6. The van der Waals surface area contributed by atoms with Crippen LogP contribution in [0.5, 0.6) is 0 Å². The van der Waals surface area contributed by atoms with Gasteiger partial charge in [0.1, 0.15) is 22.3 Å². The zero-order valence-corrected chi connectivity index (χ0v) is 26.9. The van der Waals surface area contributed by atoms with Gasteiger partial charge in [-0.05, 0) is 70.8 Å². The first kappa shape index (κ1) is 28.3. The number of benzene rings is 7. The van der Waals surface area contributed by atoms with Crippen molar-refractivity contribution in [2.24, 2.45) is 0 Å². The van der Waals surface area contributed by atoms with Crippen LogP contribution in [0.15, 0.2) is 179 Å². The Labute approximate surface area is 287 Å². The van der Waals surface area contributed by atoms with E-state index in [-0.39, 0.29) is 0 Å². The second-order valence-corrected chi connectivity index (χ2v) is 12.6. The van der Waals surface area contributed by atoms with Crippen molar-refractivity contribution in [1.29, 1.82) is 0 Å². The van der Waals surface area contributed by atoms with Crippen molar-refractivity contribution in [1.82, 2.24) is 9.97 Å². The Kier molecular flexibility index (Phi) is 6.46. The molecule has 10 aromatic rings. The minimum atomic E-state index is 0.700. The highest BCUT2D eigenvalue weighted by Crippen LogP contribution is 2.39. The molecular formula is C46H28N2O2. The second kappa shape index (κ2) is 11.4. The van der Waals surface area contributed by atoms with Crippen molar-refractivity contribution in [3.8, 4) is 56.2 Å². The van der Waals surface area contributed by atoms with Gasteiger partial charge in [-0.2, -0.15) is 0 Å². The number of furan rings is 2. The number of aromatic nitrogens is 2. The Morgan fingerprint density at radius 1 is 0.280 bits per heavy atom. The molecule has 0 aliphatic carbocycles. The predicted octanol–water partition coefficient (Wildman–Crippen LogP) is 12.6. The summed E-state index contributed by atoms with van der Waals surface area (Å²) < 4.78 is 12.9. The molecule has 10 rings (SSSR count). The molecule has 3 aromatic heterocycles. The first-order valence-corrected chi connectivity index (χ1v) is 16.7. The number of hydrogen-bond acceptors (Lipinski definition) is 4. The van der Waals surface area contributed by atoms with Crippen molar-refractivity contribution < 1.29 is 8.83 Å². The van der Waals surface area contributed by atoms with E-state index in [1.54, 1.807) is 0 Å². The van der Waals surface area contributed by atoms with E-state index in [1.165, 1.54) is 5.56 Å². The molecular weight excluding hydrogens is 613 g/mol. The maximum atomic E-state index is 6.52. The van der Waals surface area contributed by atoms with Crippen molar-refractivity contribution in [2.75, 3.05) is 0 Å². The molecule has 0 fully saturated rings. The molecule has 234 valence electrons. The largest absolute Gasteiger partial charge is 0.456 e. The summed E-state index contributed by atoms with van der Waals surface area (Å²) in [5.74, 6) is 0.700. The average Bonchev–Trinajstić information content (AvgIpc) is 3.74. The zero-order valence-electron chi connectivity index (χ0n) is 26.9.